The van der Waals surface area contributed by atoms with Crippen molar-refractivity contribution in [3.63, 3.8) is 0 Å². The van der Waals surface area contributed by atoms with Crippen molar-refractivity contribution in [1.82, 2.24) is 4.98 Å². The van der Waals surface area contributed by atoms with E-state index >= 15 is 0 Å². The van der Waals surface area contributed by atoms with E-state index in [0.29, 0.717) is 5.92 Å². The summed E-state index contributed by atoms with van der Waals surface area (Å²) in [6.45, 7) is 2.08. The highest BCUT2D eigenvalue weighted by molar-refractivity contribution is 5.84. The summed E-state index contributed by atoms with van der Waals surface area (Å²) in [5.74, 6) is 0.0526. The average Bonchev–Trinajstić information content (AvgIpc) is 3.11. The number of hydrogen-bond acceptors (Lipinski definition) is 1. The first kappa shape index (κ1) is 11.3. The number of fused-ring (bicyclic) bond motifs is 1. The molecule has 1 aliphatic carbocycles. The molecule has 1 saturated carbocycles. The zero-order chi connectivity index (χ0) is 12.7. The maximum absolute atomic E-state index is 11.0. The summed E-state index contributed by atoms with van der Waals surface area (Å²) in [6.07, 6.45) is 4.58. The van der Waals surface area contributed by atoms with Crippen LogP contribution in [-0.2, 0) is 4.79 Å². The third-order valence-corrected chi connectivity index (χ3v) is 3.93. The van der Waals surface area contributed by atoms with Crippen molar-refractivity contribution in [2.75, 3.05) is 0 Å². The summed E-state index contributed by atoms with van der Waals surface area (Å²) in [6, 6.07) is 6.30. The maximum atomic E-state index is 11.0. The van der Waals surface area contributed by atoms with Crippen LogP contribution in [0.15, 0.2) is 24.4 Å². The number of carbonyl (C=O) groups is 1. The summed E-state index contributed by atoms with van der Waals surface area (Å²) < 4.78 is 0. The fraction of sp³-hybridized carbons (Fsp3) is 0.400. The number of carboxylic acids is 1. The number of carboxylic acid groups (broad SMARTS) is 1. The lowest BCUT2D eigenvalue weighted by atomic mass is 9.90. The number of H-pyrrole nitrogens is 1. The van der Waals surface area contributed by atoms with E-state index in [1.165, 1.54) is 29.4 Å². The molecule has 1 fully saturated rings. The second kappa shape index (κ2) is 4.16. The second-order valence-corrected chi connectivity index (χ2v) is 5.32. The van der Waals surface area contributed by atoms with Gasteiger partial charge in [-0.15, -0.1) is 0 Å². The molecular formula is C15H17NO2. The summed E-state index contributed by atoms with van der Waals surface area (Å²) in [4.78, 5) is 14.2. The molecule has 0 radical (unpaired) electrons. The lowest BCUT2D eigenvalue weighted by Gasteiger charge is -2.14. The van der Waals surface area contributed by atoms with Gasteiger partial charge in [0.2, 0.25) is 0 Å². The first-order valence-corrected chi connectivity index (χ1v) is 6.44. The summed E-state index contributed by atoms with van der Waals surface area (Å²) in [7, 11) is 0. The van der Waals surface area contributed by atoms with Crippen LogP contribution in [0, 0.1) is 12.8 Å². The zero-order valence-electron chi connectivity index (χ0n) is 10.4. The Balaban J connectivity index is 2.00. The highest BCUT2D eigenvalue weighted by Gasteiger charge is 2.33. The van der Waals surface area contributed by atoms with Crippen molar-refractivity contribution >= 4 is 16.9 Å². The first-order valence-electron chi connectivity index (χ1n) is 6.44. The molecule has 3 heteroatoms. The van der Waals surface area contributed by atoms with Gasteiger partial charge in [-0.2, -0.15) is 0 Å². The Bertz CT molecular complexity index is 596. The fourth-order valence-corrected chi connectivity index (χ4v) is 2.75. The molecule has 1 atom stereocenters. The molecule has 0 amide bonds. The molecule has 3 nitrogen and oxygen atoms in total. The third-order valence-electron chi connectivity index (χ3n) is 3.93. The van der Waals surface area contributed by atoms with E-state index in [0.717, 1.165) is 5.52 Å². The van der Waals surface area contributed by atoms with Gasteiger partial charge < -0.3 is 10.1 Å². The van der Waals surface area contributed by atoms with Gasteiger partial charge in [0.15, 0.2) is 0 Å². The minimum Gasteiger partial charge on any atom is -0.481 e. The second-order valence-electron chi connectivity index (χ2n) is 5.32. The molecule has 0 bridgehead atoms. The van der Waals surface area contributed by atoms with Gasteiger partial charge in [0.05, 0.1) is 6.42 Å². The van der Waals surface area contributed by atoms with Gasteiger partial charge >= 0.3 is 5.97 Å². The number of aryl methyl sites for hydroxylation is 1. The fourth-order valence-electron chi connectivity index (χ4n) is 2.75. The van der Waals surface area contributed by atoms with Crippen molar-refractivity contribution in [3.8, 4) is 0 Å². The molecule has 94 valence electrons. The normalized spacial score (nSPS) is 16.9. The molecule has 1 aromatic heterocycles. The van der Waals surface area contributed by atoms with E-state index in [2.05, 4.69) is 30.1 Å². The standard InChI is InChI=1S/C15H17NO2/c1-9-8-16-14-5-4-11(6-12(9)14)13(7-15(17)18)10-2-3-10/h4-6,8,10,13,16H,2-3,7H2,1H3,(H,17,18). The molecule has 1 heterocycles. The van der Waals surface area contributed by atoms with Gasteiger partial charge in [0.25, 0.3) is 0 Å². The van der Waals surface area contributed by atoms with E-state index in [1.54, 1.807) is 0 Å². The topological polar surface area (TPSA) is 53.1 Å². The Morgan fingerprint density at radius 3 is 2.94 bits per heavy atom. The van der Waals surface area contributed by atoms with E-state index < -0.39 is 5.97 Å². The SMILES string of the molecule is Cc1c[nH]c2ccc(C(CC(=O)O)C3CC3)cc12. The van der Waals surface area contributed by atoms with Gasteiger partial charge in [-0.3, -0.25) is 4.79 Å². The number of benzene rings is 1. The van der Waals surface area contributed by atoms with Crippen LogP contribution in [-0.4, -0.2) is 16.1 Å². The molecule has 1 aliphatic rings. The van der Waals surface area contributed by atoms with Crippen LogP contribution in [0.1, 0.15) is 36.3 Å². The van der Waals surface area contributed by atoms with Gasteiger partial charge in [-0.25, -0.2) is 0 Å². The summed E-state index contributed by atoms with van der Waals surface area (Å²) >= 11 is 0. The molecule has 3 rings (SSSR count). The summed E-state index contributed by atoms with van der Waals surface area (Å²) in [5.41, 5.74) is 3.52. The van der Waals surface area contributed by atoms with E-state index in [4.69, 9.17) is 5.11 Å². The number of aromatic nitrogens is 1. The number of rotatable bonds is 4. The van der Waals surface area contributed by atoms with Gasteiger partial charge in [0.1, 0.15) is 0 Å². The molecule has 0 aliphatic heterocycles. The molecule has 18 heavy (non-hydrogen) atoms. The molecule has 1 unspecified atom stereocenters. The average molecular weight is 243 g/mol. The van der Waals surface area contributed by atoms with E-state index in [-0.39, 0.29) is 12.3 Å². The maximum Gasteiger partial charge on any atom is 0.303 e. The number of aromatic amines is 1. The molecular weight excluding hydrogens is 226 g/mol. The number of aliphatic carboxylic acids is 1. The Hall–Kier alpha value is -1.77. The molecule has 0 saturated heterocycles. The van der Waals surface area contributed by atoms with E-state index in [1.807, 2.05) is 6.20 Å². The Labute approximate surface area is 106 Å². The Kier molecular flexibility index (Phi) is 2.62. The van der Waals surface area contributed by atoms with Crippen molar-refractivity contribution < 1.29 is 9.90 Å². The van der Waals surface area contributed by atoms with Crippen LogP contribution in [0.5, 0.6) is 0 Å². The van der Waals surface area contributed by atoms with Crippen molar-refractivity contribution in [3.05, 3.63) is 35.5 Å². The van der Waals surface area contributed by atoms with Crippen LogP contribution in [0.25, 0.3) is 10.9 Å². The van der Waals surface area contributed by atoms with Crippen LogP contribution < -0.4 is 0 Å². The van der Waals surface area contributed by atoms with Gasteiger partial charge in [-0.05, 0) is 54.9 Å². The highest BCUT2D eigenvalue weighted by Crippen LogP contribution is 2.45. The van der Waals surface area contributed by atoms with Crippen LogP contribution in [0.3, 0.4) is 0 Å². The lowest BCUT2D eigenvalue weighted by Crippen LogP contribution is -2.08. The smallest absolute Gasteiger partial charge is 0.303 e. The van der Waals surface area contributed by atoms with Crippen LogP contribution in [0.2, 0.25) is 0 Å². The third kappa shape index (κ3) is 2.01. The minimum absolute atomic E-state index is 0.182. The van der Waals surface area contributed by atoms with Crippen molar-refractivity contribution in [2.45, 2.75) is 32.1 Å². The van der Waals surface area contributed by atoms with E-state index in [9.17, 15) is 4.79 Å². The van der Waals surface area contributed by atoms with Gasteiger partial charge in [-0.1, -0.05) is 6.07 Å². The molecule has 2 N–H and O–H groups in total. The largest absolute Gasteiger partial charge is 0.481 e. The van der Waals surface area contributed by atoms with Crippen molar-refractivity contribution in [1.29, 1.82) is 0 Å². The number of nitrogens with one attached hydrogen (secondary N) is 1. The first-order chi connectivity index (χ1) is 8.65. The van der Waals surface area contributed by atoms with Crippen LogP contribution >= 0.6 is 0 Å². The summed E-state index contributed by atoms with van der Waals surface area (Å²) in [5, 5.41) is 10.3. The van der Waals surface area contributed by atoms with Gasteiger partial charge in [0, 0.05) is 17.1 Å². The molecule has 1 aromatic carbocycles. The minimum atomic E-state index is -0.696. The Morgan fingerprint density at radius 1 is 1.50 bits per heavy atom. The predicted molar refractivity (Wildman–Crippen MR) is 70.8 cm³/mol. The van der Waals surface area contributed by atoms with Crippen molar-refractivity contribution in [2.24, 2.45) is 5.92 Å². The monoisotopic (exact) mass is 243 g/mol. The highest BCUT2D eigenvalue weighted by atomic mass is 16.4. The molecule has 2 aromatic rings. The predicted octanol–water partition coefficient (Wildman–Crippen LogP) is 3.44. The number of hydrogen-bond donors (Lipinski definition) is 2. The quantitative estimate of drug-likeness (QED) is 0.864. The lowest BCUT2D eigenvalue weighted by molar-refractivity contribution is -0.137. The Morgan fingerprint density at radius 2 is 2.28 bits per heavy atom. The van der Waals surface area contributed by atoms with Crippen LogP contribution in [0.4, 0.5) is 0 Å². The zero-order valence-corrected chi connectivity index (χ0v) is 10.4. The molecule has 0 spiro atoms.